The van der Waals surface area contributed by atoms with Gasteiger partial charge in [0.1, 0.15) is 0 Å². The summed E-state index contributed by atoms with van der Waals surface area (Å²) in [5.74, 6) is 0. The summed E-state index contributed by atoms with van der Waals surface area (Å²) in [5.41, 5.74) is 1.31. The average Bonchev–Trinajstić information content (AvgIpc) is 2.39. The fourth-order valence-electron chi connectivity index (χ4n) is 2.98. The smallest absolute Gasteiger partial charge is 0.0991 e. The van der Waals surface area contributed by atoms with Crippen molar-refractivity contribution in [1.82, 2.24) is 4.90 Å². The van der Waals surface area contributed by atoms with E-state index in [-0.39, 0.29) is 0 Å². The van der Waals surface area contributed by atoms with Crippen molar-refractivity contribution in [1.29, 1.82) is 5.26 Å². The first-order chi connectivity index (χ1) is 9.11. The summed E-state index contributed by atoms with van der Waals surface area (Å²) in [6.07, 6.45) is 5.34. The van der Waals surface area contributed by atoms with Gasteiger partial charge in [-0.2, -0.15) is 5.26 Å². The Bertz CT molecular complexity index is 458. The first-order valence-electron chi connectivity index (χ1n) is 7.01. The summed E-state index contributed by atoms with van der Waals surface area (Å²) >= 11 is 0. The highest BCUT2D eigenvalue weighted by molar-refractivity contribution is 5.32. The molecule has 1 aliphatic carbocycles. The van der Waals surface area contributed by atoms with Crippen molar-refractivity contribution < 1.29 is 5.11 Å². The maximum atomic E-state index is 10.5. The van der Waals surface area contributed by atoms with Gasteiger partial charge in [0.25, 0.3) is 0 Å². The van der Waals surface area contributed by atoms with Gasteiger partial charge in [-0.25, -0.2) is 0 Å². The van der Waals surface area contributed by atoms with Crippen LogP contribution in [0.4, 0.5) is 0 Å². The molecule has 0 aromatic heterocycles. The Morgan fingerprint density at radius 3 is 2.74 bits per heavy atom. The molecule has 3 heteroatoms. The third-order valence-electron chi connectivity index (χ3n) is 3.86. The molecule has 0 atom stereocenters. The Hall–Kier alpha value is -1.37. The largest absolute Gasteiger partial charge is 0.389 e. The normalized spacial score (nSPS) is 18.2. The van der Waals surface area contributed by atoms with Crippen LogP contribution < -0.4 is 0 Å². The molecule has 1 N–H and O–H groups in total. The van der Waals surface area contributed by atoms with E-state index in [1.165, 1.54) is 6.42 Å². The lowest BCUT2D eigenvalue weighted by Crippen LogP contribution is -2.42. The van der Waals surface area contributed by atoms with Crippen LogP contribution in [0.25, 0.3) is 0 Å². The number of hydrogen-bond acceptors (Lipinski definition) is 3. The molecule has 102 valence electrons. The van der Waals surface area contributed by atoms with E-state index in [1.54, 1.807) is 0 Å². The Labute approximate surface area is 115 Å². The zero-order chi connectivity index (χ0) is 13.7. The zero-order valence-corrected chi connectivity index (χ0v) is 11.6. The molecule has 0 aliphatic heterocycles. The lowest BCUT2D eigenvalue weighted by Gasteiger charge is -2.35. The molecule has 19 heavy (non-hydrogen) atoms. The third-order valence-corrected chi connectivity index (χ3v) is 3.86. The molecule has 1 aromatic rings. The summed E-state index contributed by atoms with van der Waals surface area (Å²) < 4.78 is 0. The molecule has 3 nitrogen and oxygen atoms in total. The molecule has 1 aromatic carbocycles. The molecular weight excluding hydrogens is 236 g/mol. The molecule has 1 fully saturated rings. The van der Waals surface area contributed by atoms with Gasteiger partial charge in [0.05, 0.1) is 17.2 Å². The van der Waals surface area contributed by atoms with Crippen LogP contribution in [0.15, 0.2) is 24.3 Å². The van der Waals surface area contributed by atoms with Gasteiger partial charge < -0.3 is 5.11 Å². The number of hydrogen-bond donors (Lipinski definition) is 1. The molecule has 0 bridgehead atoms. The standard InChI is InChI=1S/C16H22N2O/c1-18(13-16(19)8-3-2-4-9-16)12-15-7-5-6-14(10-15)11-17/h5-7,10,19H,2-4,8-9,12-13H2,1H3. The fraction of sp³-hybridized carbons (Fsp3) is 0.562. The van der Waals surface area contributed by atoms with Crippen molar-refractivity contribution in [3.63, 3.8) is 0 Å². The van der Waals surface area contributed by atoms with E-state index >= 15 is 0 Å². The Morgan fingerprint density at radius 1 is 1.32 bits per heavy atom. The summed E-state index contributed by atoms with van der Waals surface area (Å²) in [6, 6.07) is 9.84. The Morgan fingerprint density at radius 2 is 2.05 bits per heavy atom. The van der Waals surface area contributed by atoms with Crippen LogP contribution >= 0.6 is 0 Å². The van der Waals surface area contributed by atoms with Crippen molar-refractivity contribution in [2.24, 2.45) is 0 Å². The SMILES string of the molecule is CN(Cc1cccc(C#N)c1)CC1(O)CCCCC1. The van der Waals surface area contributed by atoms with E-state index in [0.717, 1.165) is 37.8 Å². The zero-order valence-electron chi connectivity index (χ0n) is 11.6. The van der Waals surface area contributed by atoms with Crippen LogP contribution in [-0.4, -0.2) is 29.2 Å². The van der Waals surface area contributed by atoms with Gasteiger partial charge in [-0.15, -0.1) is 0 Å². The van der Waals surface area contributed by atoms with Gasteiger partial charge in [0, 0.05) is 13.1 Å². The second-order valence-corrected chi connectivity index (χ2v) is 5.77. The summed E-state index contributed by atoms with van der Waals surface area (Å²) in [6.45, 7) is 1.49. The number of nitriles is 1. The quantitative estimate of drug-likeness (QED) is 0.903. The lowest BCUT2D eigenvalue weighted by molar-refractivity contribution is -0.0223. The molecule has 0 saturated heterocycles. The molecule has 1 aliphatic rings. The van der Waals surface area contributed by atoms with E-state index in [4.69, 9.17) is 5.26 Å². The van der Waals surface area contributed by atoms with Gasteiger partial charge in [-0.3, -0.25) is 4.90 Å². The van der Waals surface area contributed by atoms with E-state index in [1.807, 2.05) is 31.3 Å². The average molecular weight is 258 g/mol. The molecule has 0 heterocycles. The van der Waals surface area contributed by atoms with Crippen molar-refractivity contribution in [2.75, 3.05) is 13.6 Å². The van der Waals surface area contributed by atoms with Gasteiger partial charge in [0.2, 0.25) is 0 Å². The van der Waals surface area contributed by atoms with E-state index in [0.29, 0.717) is 12.1 Å². The van der Waals surface area contributed by atoms with Crippen LogP contribution in [-0.2, 0) is 6.54 Å². The maximum Gasteiger partial charge on any atom is 0.0991 e. The van der Waals surface area contributed by atoms with Crippen molar-refractivity contribution >= 4 is 0 Å². The van der Waals surface area contributed by atoms with Gasteiger partial charge in [-0.1, -0.05) is 31.4 Å². The van der Waals surface area contributed by atoms with Gasteiger partial charge >= 0.3 is 0 Å². The minimum absolute atomic E-state index is 0.514. The lowest BCUT2D eigenvalue weighted by atomic mass is 9.84. The first kappa shape index (κ1) is 14.0. The highest BCUT2D eigenvalue weighted by Gasteiger charge is 2.30. The van der Waals surface area contributed by atoms with Crippen LogP contribution in [0.3, 0.4) is 0 Å². The summed E-state index contributed by atoms with van der Waals surface area (Å²) in [5, 5.41) is 19.4. The molecule has 0 spiro atoms. The van der Waals surface area contributed by atoms with Gasteiger partial charge in [-0.05, 0) is 37.6 Å². The predicted octanol–water partition coefficient (Wildman–Crippen LogP) is 2.69. The van der Waals surface area contributed by atoms with Crippen LogP contribution in [0, 0.1) is 11.3 Å². The number of benzene rings is 1. The Balaban J connectivity index is 1.93. The van der Waals surface area contributed by atoms with Crippen molar-refractivity contribution in [2.45, 2.75) is 44.2 Å². The maximum absolute atomic E-state index is 10.5. The van der Waals surface area contributed by atoms with Crippen LogP contribution in [0.5, 0.6) is 0 Å². The highest BCUT2D eigenvalue weighted by atomic mass is 16.3. The number of rotatable bonds is 4. The van der Waals surface area contributed by atoms with Gasteiger partial charge in [0.15, 0.2) is 0 Å². The molecule has 2 rings (SSSR count). The van der Waals surface area contributed by atoms with E-state index in [9.17, 15) is 5.11 Å². The summed E-state index contributed by atoms with van der Waals surface area (Å²) in [4.78, 5) is 2.15. The highest BCUT2D eigenvalue weighted by Crippen LogP contribution is 2.28. The molecule has 0 unspecified atom stereocenters. The van der Waals surface area contributed by atoms with E-state index < -0.39 is 5.60 Å². The van der Waals surface area contributed by atoms with Crippen LogP contribution in [0.1, 0.15) is 43.2 Å². The number of aliphatic hydroxyl groups is 1. The topological polar surface area (TPSA) is 47.3 Å². The van der Waals surface area contributed by atoms with E-state index in [2.05, 4.69) is 11.0 Å². The minimum Gasteiger partial charge on any atom is -0.389 e. The number of nitrogens with zero attached hydrogens (tertiary/aromatic N) is 2. The Kier molecular flexibility index (Phi) is 4.57. The predicted molar refractivity (Wildman–Crippen MR) is 75.5 cm³/mol. The second kappa shape index (κ2) is 6.18. The molecule has 0 amide bonds. The number of likely N-dealkylation sites (N-methyl/N-ethyl adjacent to an activating group) is 1. The molecule has 0 radical (unpaired) electrons. The molecular formula is C16H22N2O. The summed E-state index contributed by atoms with van der Waals surface area (Å²) in [7, 11) is 2.03. The minimum atomic E-state index is -0.514. The third kappa shape index (κ3) is 4.05. The monoisotopic (exact) mass is 258 g/mol. The first-order valence-corrected chi connectivity index (χ1v) is 7.01. The second-order valence-electron chi connectivity index (χ2n) is 5.77. The van der Waals surface area contributed by atoms with Crippen molar-refractivity contribution in [3.05, 3.63) is 35.4 Å². The molecule has 1 saturated carbocycles. The fourth-order valence-corrected chi connectivity index (χ4v) is 2.98. The van der Waals surface area contributed by atoms with Crippen LogP contribution in [0.2, 0.25) is 0 Å². The van der Waals surface area contributed by atoms with Crippen molar-refractivity contribution in [3.8, 4) is 6.07 Å².